The molecule has 0 aliphatic carbocycles. The van der Waals surface area contributed by atoms with Crippen molar-refractivity contribution < 1.29 is 22.4 Å². The number of halogens is 4. The number of aryl methyl sites for hydroxylation is 1. The number of hydrogen-bond donors (Lipinski definition) is 0. The number of thiazole rings is 1. The van der Waals surface area contributed by atoms with Gasteiger partial charge >= 0.3 is 6.18 Å². The number of nitrogens with zero attached hydrogens (tertiary/aromatic N) is 4. The molecule has 2 aromatic heterocycles. The zero-order valence-corrected chi connectivity index (χ0v) is 18.2. The first-order chi connectivity index (χ1) is 15.2. The Balaban J connectivity index is 1.35. The molecule has 0 N–H and O–H groups in total. The largest absolute Gasteiger partial charge is 0.419 e. The van der Waals surface area contributed by atoms with Crippen LogP contribution in [0.25, 0.3) is 0 Å². The van der Waals surface area contributed by atoms with Crippen molar-refractivity contribution >= 4 is 17.2 Å². The summed E-state index contributed by atoms with van der Waals surface area (Å²) < 4.78 is 54.0. The number of hydrogen-bond acceptors (Lipinski definition) is 4. The van der Waals surface area contributed by atoms with E-state index in [9.17, 15) is 22.4 Å². The molecule has 0 saturated carbocycles. The van der Waals surface area contributed by atoms with Gasteiger partial charge in [0.2, 0.25) is 5.91 Å². The first-order valence-corrected chi connectivity index (χ1v) is 11.1. The van der Waals surface area contributed by atoms with Gasteiger partial charge in [0.25, 0.3) is 0 Å². The first kappa shape index (κ1) is 22.4. The summed E-state index contributed by atoms with van der Waals surface area (Å²) in [4.78, 5) is 23.3. The summed E-state index contributed by atoms with van der Waals surface area (Å²) in [6, 6.07) is 2.64. The number of imidazole rings is 1. The minimum Gasteiger partial charge on any atom is -0.342 e. The molecule has 10 heteroatoms. The Kier molecular flexibility index (Phi) is 6.32. The van der Waals surface area contributed by atoms with Crippen molar-refractivity contribution in [2.45, 2.75) is 44.8 Å². The van der Waals surface area contributed by atoms with Crippen molar-refractivity contribution in [2.75, 3.05) is 13.1 Å². The molecule has 0 unspecified atom stereocenters. The Bertz CT molecular complexity index is 1100. The van der Waals surface area contributed by atoms with Gasteiger partial charge in [-0.2, -0.15) is 13.2 Å². The molecule has 0 bridgehead atoms. The molecule has 0 spiro atoms. The van der Waals surface area contributed by atoms with Crippen LogP contribution >= 0.6 is 11.3 Å². The number of piperidine rings is 1. The van der Waals surface area contributed by atoms with E-state index in [0.29, 0.717) is 25.7 Å². The summed E-state index contributed by atoms with van der Waals surface area (Å²) in [5.41, 5.74) is -0.0994. The fraction of sp³-hybridized carbons (Fsp3) is 0.409. The molecule has 1 aliphatic heterocycles. The van der Waals surface area contributed by atoms with Gasteiger partial charge in [0.1, 0.15) is 11.6 Å². The number of amides is 1. The monoisotopic (exact) mass is 466 g/mol. The smallest absolute Gasteiger partial charge is 0.342 e. The van der Waals surface area contributed by atoms with Crippen molar-refractivity contribution in [1.82, 2.24) is 19.4 Å². The van der Waals surface area contributed by atoms with Gasteiger partial charge in [-0.3, -0.25) is 4.79 Å². The third-order valence-electron chi connectivity index (χ3n) is 5.65. The van der Waals surface area contributed by atoms with Crippen LogP contribution in [0.5, 0.6) is 0 Å². The number of benzene rings is 1. The fourth-order valence-electron chi connectivity index (χ4n) is 4.04. The van der Waals surface area contributed by atoms with E-state index in [0.717, 1.165) is 41.5 Å². The molecule has 4 rings (SSSR count). The van der Waals surface area contributed by atoms with E-state index >= 15 is 0 Å². The van der Waals surface area contributed by atoms with E-state index in [2.05, 4.69) is 14.5 Å². The van der Waals surface area contributed by atoms with Gasteiger partial charge in [-0.15, -0.1) is 11.3 Å². The average molecular weight is 467 g/mol. The van der Waals surface area contributed by atoms with E-state index in [1.165, 1.54) is 0 Å². The molecule has 1 fully saturated rings. The van der Waals surface area contributed by atoms with E-state index in [-0.39, 0.29) is 23.8 Å². The van der Waals surface area contributed by atoms with Gasteiger partial charge < -0.3 is 9.47 Å². The minimum absolute atomic E-state index is 0.127. The summed E-state index contributed by atoms with van der Waals surface area (Å²) in [7, 11) is 0. The summed E-state index contributed by atoms with van der Waals surface area (Å²) >= 11 is 1.61. The van der Waals surface area contributed by atoms with Crippen LogP contribution < -0.4 is 0 Å². The van der Waals surface area contributed by atoms with Gasteiger partial charge in [0.05, 0.1) is 29.2 Å². The van der Waals surface area contributed by atoms with Crippen molar-refractivity contribution in [3.05, 3.63) is 69.4 Å². The Hall–Kier alpha value is -2.75. The van der Waals surface area contributed by atoms with Crippen molar-refractivity contribution in [3.63, 3.8) is 0 Å². The highest BCUT2D eigenvalue weighted by Crippen LogP contribution is 2.32. The van der Waals surface area contributed by atoms with Gasteiger partial charge in [-0.25, -0.2) is 14.4 Å². The molecule has 3 heterocycles. The van der Waals surface area contributed by atoms with Crippen molar-refractivity contribution in [1.29, 1.82) is 0 Å². The molecule has 1 aromatic carbocycles. The van der Waals surface area contributed by atoms with Crippen LogP contribution in [-0.4, -0.2) is 38.4 Å². The predicted octanol–water partition coefficient (Wildman–Crippen LogP) is 4.80. The number of rotatable bonds is 5. The maximum absolute atomic E-state index is 13.8. The third kappa shape index (κ3) is 5.01. The van der Waals surface area contributed by atoms with E-state index < -0.39 is 17.6 Å². The summed E-state index contributed by atoms with van der Waals surface area (Å²) in [5.74, 6) is -0.405. The lowest BCUT2D eigenvalue weighted by atomic mass is 9.95. The Morgan fingerprint density at radius 3 is 2.62 bits per heavy atom. The van der Waals surface area contributed by atoms with Crippen LogP contribution in [0, 0.1) is 12.7 Å². The molecule has 32 heavy (non-hydrogen) atoms. The number of alkyl halides is 3. The molecule has 1 amide bonds. The summed E-state index contributed by atoms with van der Waals surface area (Å²) in [6.07, 6.45) is 0.294. The molecule has 170 valence electrons. The lowest BCUT2D eigenvalue weighted by molar-refractivity contribution is -0.140. The minimum atomic E-state index is -4.75. The molecule has 1 aliphatic rings. The topological polar surface area (TPSA) is 51.0 Å². The second kappa shape index (κ2) is 9.01. The molecule has 0 radical (unpaired) electrons. The van der Waals surface area contributed by atoms with Crippen LogP contribution in [0.1, 0.15) is 46.4 Å². The Morgan fingerprint density at radius 1 is 1.25 bits per heavy atom. The predicted molar refractivity (Wildman–Crippen MR) is 112 cm³/mol. The number of aromatic nitrogens is 3. The number of carbonyl (C=O) groups excluding carboxylic acids is 1. The second-order valence-electron chi connectivity index (χ2n) is 7.91. The van der Waals surface area contributed by atoms with Crippen LogP contribution in [-0.2, 0) is 23.9 Å². The Labute approximate surface area is 186 Å². The molecule has 3 aromatic rings. The van der Waals surface area contributed by atoms with E-state index in [1.807, 2.05) is 18.5 Å². The maximum atomic E-state index is 13.8. The van der Waals surface area contributed by atoms with Gasteiger partial charge in [-0.05, 0) is 37.5 Å². The number of likely N-dealkylation sites (tertiary alicyclic amines) is 1. The van der Waals surface area contributed by atoms with E-state index in [4.69, 9.17) is 0 Å². The molecular weight excluding hydrogens is 444 g/mol. The van der Waals surface area contributed by atoms with Gasteiger partial charge in [0, 0.05) is 36.8 Å². The van der Waals surface area contributed by atoms with Crippen molar-refractivity contribution in [3.8, 4) is 0 Å². The van der Waals surface area contributed by atoms with Crippen molar-refractivity contribution in [2.24, 2.45) is 0 Å². The second-order valence-corrected chi connectivity index (χ2v) is 8.98. The standard InChI is InChI=1S/C22H22F4N4OS/c1-14-28-17(13-32-14)12-30-9-6-27-21(30)16-4-7-29(8-5-16)20(31)11-15-2-3-18(19(23)10-15)22(24,25)26/h2-3,6,9-10,13,16H,4-5,7-8,11-12H2,1H3. The highest BCUT2D eigenvalue weighted by atomic mass is 32.1. The molecule has 5 nitrogen and oxygen atoms in total. The van der Waals surface area contributed by atoms with Gasteiger partial charge in [0.15, 0.2) is 0 Å². The van der Waals surface area contributed by atoms with Crippen LogP contribution in [0.4, 0.5) is 17.6 Å². The molecular formula is C22H22F4N4OS. The third-order valence-corrected chi connectivity index (χ3v) is 6.48. The van der Waals surface area contributed by atoms with Crippen LogP contribution in [0.2, 0.25) is 0 Å². The number of carbonyl (C=O) groups is 1. The lowest BCUT2D eigenvalue weighted by Gasteiger charge is -2.32. The zero-order valence-electron chi connectivity index (χ0n) is 17.4. The lowest BCUT2D eigenvalue weighted by Crippen LogP contribution is -2.39. The first-order valence-electron chi connectivity index (χ1n) is 10.3. The zero-order chi connectivity index (χ0) is 22.9. The fourth-order valence-corrected chi connectivity index (χ4v) is 4.65. The average Bonchev–Trinajstić information content (AvgIpc) is 3.36. The SMILES string of the molecule is Cc1nc(Cn2ccnc2C2CCN(C(=O)Cc3ccc(C(F)(F)F)c(F)c3)CC2)cs1. The quantitative estimate of drug-likeness (QED) is 0.508. The summed E-state index contributed by atoms with van der Waals surface area (Å²) in [6.45, 7) is 3.66. The highest BCUT2D eigenvalue weighted by Gasteiger charge is 2.34. The molecule has 0 atom stereocenters. The highest BCUT2D eigenvalue weighted by molar-refractivity contribution is 7.09. The Morgan fingerprint density at radius 2 is 2.00 bits per heavy atom. The summed E-state index contributed by atoms with van der Waals surface area (Å²) in [5, 5.41) is 3.05. The van der Waals surface area contributed by atoms with E-state index in [1.54, 1.807) is 22.4 Å². The maximum Gasteiger partial charge on any atom is 0.419 e. The normalized spacial score (nSPS) is 15.3. The van der Waals surface area contributed by atoms with Gasteiger partial charge in [-0.1, -0.05) is 6.07 Å². The van der Waals surface area contributed by atoms with Crippen LogP contribution in [0.3, 0.4) is 0 Å². The van der Waals surface area contributed by atoms with Crippen LogP contribution in [0.15, 0.2) is 36.0 Å². The molecule has 1 saturated heterocycles.